The maximum absolute atomic E-state index is 15.0. The molecule has 33 heavy (non-hydrogen) atoms. The van der Waals surface area contributed by atoms with E-state index in [2.05, 4.69) is 19.6 Å². The molecule has 0 unspecified atom stereocenters. The Morgan fingerprint density at radius 2 is 1.82 bits per heavy atom. The smallest absolute Gasteiger partial charge is 0.188 e. The second-order valence-electron chi connectivity index (χ2n) is 10.0. The summed E-state index contributed by atoms with van der Waals surface area (Å²) in [5.41, 5.74) is -0.212. The number of hydrogen-bond donors (Lipinski definition) is 1. The highest BCUT2D eigenvalue weighted by Crippen LogP contribution is 2.49. The summed E-state index contributed by atoms with van der Waals surface area (Å²) in [4.78, 5) is -0.0228. The van der Waals surface area contributed by atoms with E-state index in [1.165, 1.54) is 24.3 Å². The van der Waals surface area contributed by atoms with Crippen molar-refractivity contribution in [3.8, 4) is 0 Å². The van der Waals surface area contributed by atoms with Crippen LogP contribution in [0.3, 0.4) is 0 Å². The molecule has 1 aliphatic carbocycles. The van der Waals surface area contributed by atoms with E-state index in [0.717, 1.165) is 24.2 Å². The first-order chi connectivity index (χ1) is 15.4. The van der Waals surface area contributed by atoms with Crippen LogP contribution in [0, 0.1) is 17.6 Å². The largest absolute Gasteiger partial charge is 0.393 e. The van der Waals surface area contributed by atoms with Gasteiger partial charge in [0.05, 0.1) is 17.6 Å². The van der Waals surface area contributed by atoms with Crippen molar-refractivity contribution in [2.75, 3.05) is 13.2 Å². The molecule has 1 N–H and O–H groups in total. The molecular formula is C24H31ClF2O4SSi. The standard InChI is InChI=1S/C24H31ClF2O4SSi/c1-33(2,3)13-12-31-16-17-15-24(11-10-23(17)28,21-14-19(26)6-9-22(21)27)32(29,30)20-7-4-18(25)5-8-20/h4-9,14,17,23,28H,10-13,15-16H2,1-3H3/t17-,23-,24+/m0/s1. The lowest BCUT2D eigenvalue weighted by molar-refractivity contribution is -0.00277. The van der Waals surface area contributed by atoms with E-state index in [9.17, 15) is 17.9 Å². The maximum atomic E-state index is 15.0. The van der Waals surface area contributed by atoms with Crippen LogP contribution in [0.15, 0.2) is 47.4 Å². The Morgan fingerprint density at radius 1 is 1.15 bits per heavy atom. The Balaban J connectivity index is 2.02. The normalized spacial score (nSPS) is 24.1. The lowest BCUT2D eigenvalue weighted by Crippen LogP contribution is -2.47. The summed E-state index contributed by atoms with van der Waals surface area (Å²) in [5, 5.41) is 11.0. The van der Waals surface area contributed by atoms with Gasteiger partial charge in [-0.15, -0.1) is 0 Å². The number of hydrogen-bond acceptors (Lipinski definition) is 4. The zero-order chi connectivity index (χ0) is 24.4. The van der Waals surface area contributed by atoms with Gasteiger partial charge in [0.2, 0.25) is 0 Å². The second-order valence-corrected chi connectivity index (χ2v) is 18.3. The Bertz CT molecular complexity index is 1070. The summed E-state index contributed by atoms with van der Waals surface area (Å²) >= 11 is 5.94. The summed E-state index contributed by atoms with van der Waals surface area (Å²) in [7, 11) is -5.49. The molecule has 1 saturated carbocycles. The SMILES string of the molecule is C[Si](C)(C)CCOC[C@@H]1C[C@](c2cc(F)ccc2F)(S(=O)(=O)c2ccc(Cl)cc2)CC[C@@H]1O. The van der Waals surface area contributed by atoms with E-state index in [0.29, 0.717) is 11.6 Å². The summed E-state index contributed by atoms with van der Waals surface area (Å²) in [6.45, 7) is 7.34. The van der Waals surface area contributed by atoms with Crippen molar-refractivity contribution < 1.29 is 27.0 Å². The molecule has 2 aromatic carbocycles. The van der Waals surface area contributed by atoms with Gasteiger partial charge in [-0.05, 0) is 67.8 Å². The summed E-state index contributed by atoms with van der Waals surface area (Å²) in [6, 6.07) is 9.48. The molecule has 0 saturated heterocycles. The van der Waals surface area contributed by atoms with E-state index >= 15 is 4.39 Å². The quantitative estimate of drug-likeness (QED) is 0.355. The first kappa shape index (κ1) is 26.3. The average molecular weight is 517 g/mol. The van der Waals surface area contributed by atoms with E-state index in [-0.39, 0.29) is 36.3 Å². The van der Waals surface area contributed by atoms with Gasteiger partial charge >= 0.3 is 0 Å². The number of halogens is 3. The molecule has 3 atom stereocenters. The number of benzene rings is 2. The zero-order valence-corrected chi connectivity index (χ0v) is 21.7. The van der Waals surface area contributed by atoms with Crippen LogP contribution in [0.1, 0.15) is 24.8 Å². The summed E-state index contributed by atoms with van der Waals surface area (Å²) in [5.74, 6) is -2.04. The molecule has 0 spiro atoms. The van der Waals surface area contributed by atoms with Crippen LogP contribution < -0.4 is 0 Å². The third-order valence-corrected chi connectivity index (χ3v) is 10.8. The summed E-state index contributed by atoms with van der Waals surface area (Å²) in [6.07, 6.45) is -0.774. The fourth-order valence-corrected chi connectivity index (χ4v) is 7.48. The van der Waals surface area contributed by atoms with Crippen molar-refractivity contribution in [3.63, 3.8) is 0 Å². The molecular weight excluding hydrogens is 486 g/mol. The minimum absolute atomic E-state index is 0.0228. The first-order valence-corrected chi connectivity index (χ1v) is 16.6. The van der Waals surface area contributed by atoms with Gasteiger partial charge in [-0.2, -0.15) is 0 Å². The van der Waals surface area contributed by atoms with Crippen LogP contribution in [0.5, 0.6) is 0 Å². The highest BCUT2D eigenvalue weighted by Gasteiger charge is 2.52. The van der Waals surface area contributed by atoms with E-state index in [4.69, 9.17) is 16.3 Å². The van der Waals surface area contributed by atoms with Gasteiger partial charge in [-0.3, -0.25) is 0 Å². The number of rotatable bonds is 8. The third kappa shape index (κ3) is 5.85. The van der Waals surface area contributed by atoms with Crippen LogP contribution >= 0.6 is 11.6 Å². The van der Waals surface area contributed by atoms with Gasteiger partial charge in [0.15, 0.2) is 9.84 Å². The topological polar surface area (TPSA) is 63.6 Å². The fraction of sp³-hybridized carbons (Fsp3) is 0.500. The second kappa shape index (κ2) is 10.1. The number of sulfone groups is 1. The Hall–Kier alpha value is -1.32. The predicted octanol–water partition coefficient (Wildman–Crippen LogP) is 5.80. The molecule has 0 aliphatic heterocycles. The van der Waals surface area contributed by atoms with Crippen molar-refractivity contribution in [1.29, 1.82) is 0 Å². The Morgan fingerprint density at radius 3 is 2.45 bits per heavy atom. The van der Waals surface area contributed by atoms with E-state index in [1.54, 1.807) is 0 Å². The molecule has 3 rings (SSSR count). The molecule has 1 fully saturated rings. The van der Waals surface area contributed by atoms with Crippen molar-refractivity contribution >= 4 is 29.5 Å². The first-order valence-electron chi connectivity index (χ1n) is 11.1. The molecule has 9 heteroatoms. The van der Waals surface area contributed by atoms with Gasteiger partial charge in [0, 0.05) is 31.2 Å². The number of ether oxygens (including phenoxy) is 1. The highest BCUT2D eigenvalue weighted by molar-refractivity contribution is 7.92. The van der Waals surface area contributed by atoms with Crippen LogP contribution in [-0.4, -0.2) is 40.9 Å². The average Bonchev–Trinajstić information content (AvgIpc) is 2.74. The Kier molecular flexibility index (Phi) is 8.06. The molecule has 0 radical (unpaired) electrons. The molecule has 0 amide bonds. The highest BCUT2D eigenvalue weighted by atomic mass is 35.5. The van der Waals surface area contributed by atoms with Gasteiger partial charge in [0.25, 0.3) is 0 Å². The molecule has 1 aliphatic rings. The van der Waals surface area contributed by atoms with Crippen molar-refractivity contribution in [3.05, 3.63) is 64.7 Å². The maximum Gasteiger partial charge on any atom is 0.188 e. The predicted molar refractivity (Wildman–Crippen MR) is 129 cm³/mol. The molecule has 0 aromatic heterocycles. The molecule has 182 valence electrons. The van der Waals surface area contributed by atoms with Crippen molar-refractivity contribution in [1.82, 2.24) is 0 Å². The lowest BCUT2D eigenvalue weighted by atomic mass is 9.75. The van der Waals surface area contributed by atoms with Crippen molar-refractivity contribution in [2.24, 2.45) is 5.92 Å². The van der Waals surface area contributed by atoms with Gasteiger partial charge in [-0.25, -0.2) is 17.2 Å². The van der Waals surface area contributed by atoms with Crippen LogP contribution in [0.25, 0.3) is 0 Å². The van der Waals surface area contributed by atoms with Crippen LogP contribution in [-0.2, 0) is 19.3 Å². The number of aliphatic hydroxyl groups is 1. The molecule has 0 bridgehead atoms. The number of aliphatic hydroxyl groups excluding tert-OH is 1. The third-order valence-electron chi connectivity index (χ3n) is 6.37. The fourth-order valence-electron chi connectivity index (χ4n) is 4.38. The monoisotopic (exact) mass is 516 g/mol. The van der Waals surface area contributed by atoms with Crippen molar-refractivity contribution in [2.45, 2.75) is 60.7 Å². The minimum atomic E-state index is -4.17. The lowest BCUT2D eigenvalue weighted by Gasteiger charge is -2.43. The van der Waals surface area contributed by atoms with Gasteiger partial charge < -0.3 is 9.84 Å². The minimum Gasteiger partial charge on any atom is -0.393 e. The zero-order valence-electron chi connectivity index (χ0n) is 19.2. The molecule has 2 aromatic rings. The van der Waals surface area contributed by atoms with Crippen LogP contribution in [0.2, 0.25) is 30.7 Å². The Labute approximate surface area is 200 Å². The van der Waals surface area contributed by atoms with E-state index < -0.39 is 46.3 Å². The van der Waals surface area contributed by atoms with Gasteiger partial charge in [-0.1, -0.05) is 31.2 Å². The van der Waals surface area contributed by atoms with Crippen LogP contribution in [0.4, 0.5) is 8.78 Å². The molecule has 0 heterocycles. The van der Waals surface area contributed by atoms with Gasteiger partial charge in [0.1, 0.15) is 16.4 Å². The summed E-state index contributed by atoms with van der Waals surface area (Å²) < 4.78 is 61.2. The van der Waals surface area contributed by atoms with E-state index in [1.807, 2.05) is 0 Å². The molecule has 4 nitrogen and oxygen atoms in total.